The van der Waals surface area contributed by atoms with Crippen LogP contribution >= 0.6 is 0 Å². The van der Waals surface area contributed by atoms with Crippen LogP contribution in [0.3, 0.4) is 0 Å². The predicted molar refractivity (Wildman–Crippen MR) is 115 cm³/mol. The van der Waals surface area contributed by atoms with E-state index in [4.69, 9.17) is 17.2 Å². The summed E-state index contributed by atoms with van der Waals surface area (Å²) in [5, 5.41) is 1.67. The molecule has 0 saturated heterocycles. The van der Waals surface area contributed by atoms with E-state index >= 15 is 0 Å². The summed E-state index contributed by atoms with van der Waals surface area (Å²) < 4.78 is 0. The minimum Gasteiger partial charge on any atom is -0.330 e. The molecule has 1 rings (SSSR count). The molecule has 4 heteroatoms. The van der Waals surface area contributed by atoms with Crippen LogP contribution in [-0.2, 0) is 0 Å². The van der Waals surface area contributed by atoms with Crippen molar-refractivity contribution in [2.75, 3.05) is 19.6 Å². The van der Waals surface area contributed by atoms with Crippen molar-refractivity contribution in [3.63, 3.8) is 0 Å². The molecule has 25 heavy (non-hydrogen) atoms. The summed E-state index contributed by atoms with van der Waals surface area (Å²) in [5.41, 5.74) is 17.1. The Labute approximate surface area is 156 Å². The summed E-state index contributed by atoms with van der Waals surface area (Å²) >= 11 is 0. The van der Waals surface area contributed by atoms with Crippen molar-refractivity contribution < 1.29 is 0 Å². The highest BCUT2D eigenvalue weighted by Gasteiger charge is 2.33. The van der Waals surface area contributed by atoms with E-state index in [2.05, 4.69) is 30.3 Å². The molecular weight excluding hydrogens is 322 g/mol. The minimum atomic E-state index is -1.44. The topological polar surface area (TPSA) is 78.1 Å². The van der Waals surface area contributed by atoms with Crippen molar-refractivity contribution in [1.82, 2.24) is 0 Å². The Hall–Kier alpha value is -0.683. The average molecular weight is 364 g/mol. The van der Waals surface area contributed by atoms with E-state index in [0.29, 0.717) is 0 Å². The number of hydrogen-bond donors (Lipinski definition) is 3. The summed E-state index contributed by atoms with van der Waals surface area (Å²) in [5.74, 6) is 0. The number of benzene rings is 1. The predicted octanol–water partition coefficient (Wildman–Crippen LogP) is 3.73. The van der Waals surface area contributed by atoms with E-state index in [1.54, 1.807) is 5.19 Å². The molecule has 3 nitrogen and oxygen atoms in total. The van der Waals surface area contributed by atoms with Gasteiger partial charge in [-0.1, -0.05) is 92.2 Å². The fourth-order valence-corrected chi connectivity index (χ4v) is 9.25. The lowest BCUT2D eigenvalue weighted by Crippen LogP contribution is -2.47. The zero-order chi connectivity index (χ0) is 18.2. The first-order chi connectivity index (χ1) is 12.3. The van der Waals surface area contributed by atoms with Gasteiger partial charge in [-0.25, -0.2) is 0 Å². The Morgan fingerprint density at radius 3 is 1.28 bits per heavy atom. The molecule has 0 heterocycles. The first kappa shape index (κ1) is 22.4. The van der Waals surface area contributed by atoms with Crippen molar-refractivity contribution in [2.24, 2.45) is 17.2 Å². The standard InChI is InChI=1S/C21H41N3Si/c22-15-7-2-10-18-25(19-11-3-8-16-23,20-12-4-9-17-24)21-13-5-1-6-14-21/h1,5-6,13-14H,2-4,7-12,15-20,22-24H2. The second-order valence-electron chi connectivity index (χ2n) is 7.44. The maximum atomic E-state index is 5.70. The van der Waals surface area contributed by atoms with Gasteiger partial charge in [0, 0.05) is 0 Å². The van der Waals surface area contributed by atoms with Gasteiger partial charge in [0.2, 0.25) is 0 Å². The van der Waals surface area contributed by atoms with Gasteiger partial charge in [0.05, 0.1) is 8.07 Å². The van der Waals surface area contributed by atoms with Crippen LogP contribution in [0.4, 0.5) is 0 Å². The lowest BCUT2D eigenvalue weighted by atomic mass is 10.2. The van der Waals surface area contributed by atoms with Crippen LogP contribution in [0.25, 0.3) is 0 Å². The molecule has 0 radical (unpaired) electrons. The van der Waals surface area contributed by atoms with E-state index in [9.17, 15) is 0 Å². The molecule has 0 aliphatic rings. The van der Waals surface area contributed by atoms with E-state index in [1.807, 2.05) is 0 Å². The van der Waals surface area contributed by atoms with Crippen molar-refractivity contribution >= 4 is 13.3 Å². The SMILES string of the molecule is NCCCCC[Si](CCCCCN)(CCCCCN)c1ccccc1. The normalized spacial score (nSPS) is 11.8. The van der Waals surface area contributed by atoms with Gasteiger partial charge in [-0.15, -0.1) is 0 Å². The van der Waals surface area contributed by atoms with E-state index in [-0.39, 0.29) is 0 Å². The number of hydrogen-bond acceptors (Lipinski definition) is 3. The molecule has 6 N–H and O–H groups in total. The molecule has 0 aromatic heterocycles. The molecule has 1 aromatic rings. The Kier molecular flexibility index (Phi) is 13.0. The Balaban J connectivity index is 2.82. The van der Waals surface area contributed by atoms with Gasteiger partial charge in [-0.3, -0.25) is 0 Å². The highest BCUT2D eigenvalue weighted by molar-refractivity contribution is 6.91. The molecule has 0 aliphatic heterocycles. The molecule has 144 valence electrons. The second kappa shape index (κ2) is 14.5. The van der Waals surface area contributed by atoms with Crippen LogP contribution in [0.1, 0.15) is 57.8 Å². The third-order valence-corrected chi connectivity index (χ3v) is 11.0. The molecule has 1 aromatic carbocycles. The summed E-state index contributed by atoms with van der Waals surface area (Å²) in [7, 11) is -1.44. The largest absolute Gasteiger partial charge is 0.330 e. The number of unbranched alkanes of at least 4 members (excludes halogenated alkanes) is 6. The van der Waals surface area contributed by atoms with Crippen LogP contribution in [0, 0.1) is 0 Å². The zero-order valence-electron chi connectivity index (χ0n) is 16.2. The number of nitrogens with two attached hydrogens (primary N) is 3. The van der Waals surface area contributed by atoms with Crippen LogP contribution < -0.4 is 22.4 Å². The van der Waals surface area contributed by atoms with Crippen LogP contribution in [0.2, 0.25) is 18.1 Å². The first-order valence-corrected chi connectivity index (χ1v) is 13.1. The zero-order valence-corrected chi connectivity index (χ0v) is 17.2. The third-order valence-electron chi connectivity index (χ3n) is 5.46. The van der Waals surface area contributed by atoms with Gasteiger partial charge in [-0.05, 0) is 38.9 Å². The van der Waals surface area contributed by atoms with Gasteiger partial charge < -0.3 is 17.2 Å². The maximum Gasteiger partial charge on any atom is 0.0867 e. The van der Waals surface area contributed by atoms with Gasteiger partial charge in [-0.2, -0.15) is 0 Å². The Morgan fingerprint density at radius 1 is 0.520 bits per heavy atom. The smallest absolute Gasteiger partial charge is 0.0867 e. The highest BCUT2D eigenvalue weighted by Crippen LogP contribution is 2.29. The third kappa shape index (κ3) is 9.00. The Morgan fingerprint density at radius 2 is 0.920 bits per heavy atom. The monoisotopic (exact) mass is 363 g/mol. The lowest BCUT2D eigenvalue weighted by Gasteiger charge is -2.33. The fraction of sp³-hybridized carbons (Fsp3) is 0.714. The molecule has 0 fully saturated rings. The first-order valence-electron chi connectivity index (χ1n) is 10.4. The summed E-state index contributed by atoms with van der Waals surface area (Å²) in [6, 6.07) is 15.7. The van der Waals surface area contributed by atoms with E-state index < -0.39 is 8.07 Å². The number of rotatable bonds is 16. The molecule has 0 bridgehead atoms. The maximum absolute atomic E-state index is 5.70. The second-order valence-corrected chi connectivity index (χ2v) is 12.1. The van der Waals surface area contributed by atoms with Crippen LogP contribution in [0.15, 0.2) is 30.3 Å². The van der Waals surface area contributed by atoms with Gasteiger partial charge in [0.1, 0.15) is 0 Å². The van der Waals surface area contributed by atoms with Crippen molar-refractivity contribution in [3.8, 4) is 0 Å². The quantitative estimate of drug-likeness (QED) is 0.309. The van der Waals surface area contributed by atoms with Crippen molar-refractivity contribution in [2.45, 2.75) is 75.9 Å². The summed E-state index contributed by atoms with van der Waals surface area (Å²) in [6.07, 6.45) is 11.4. The molecule has 0 amide bonds. The lowest BCUT2D eigenvalue weighted by molar-refractivity contribution is 0.688. The van der Waals surface area contributed by atoms with Crippen LogP contribution in [0.5, 0.6) is 0 Å². The molecule has 0 spiro atoms. The van der Waals surface area contributed by atoms with Gasteiger partial charge >= 0.3 is 0 Å². The molecule has 0 unspecified atom stereocenters. The Bertz CT molecular complexity index is 380. The van der Waals surface area contributed by atoms with Crippen LogP contribution in [-0.4, -0.2) is 27.7 Å². The molecule has 0 atom stereocenters. The van der Waals surface area contributed by atoms with Crippen molar-refractivity contribution in [3.05, 3.63) is 30.3 Å². The highest BCUT2D eigenvalue weighted by atomic mass is 28.3. The van der Waals surface area contributed by atoms with Crippen molar-refractivity contribution in [1.29, 1.82) is 0 Å². The van der Waals surface area contributed by atoms with E-state index in [0.717, 1.165) is 19.6 Å². The average Bonchev–Trinajstić information content (AvgIpc) is 2.66. The molecule has 0 aliphatic carbocycles. The van der Waals surface area contributed by atoms with E-state index in [1.165, 1.54) is 75.9 Å². The van der Waals surface area contributed by atoms with Gasteiger partial charge in [0.25, 0.3) is 0 Å². The molecule has 0 saturated carbocycles. The summed E-state index contributed by atoms with van der Waals surface area (Å²) in [6.45, 7) is 2.48. The minimum absolute atomic E-state index is 0.826. The van der Waals surface area contributed by atoms with Gasteiger partial charge in [0.15, 0.2) is 0 Å². The molecular formula is C21H41N3Si. The summed E-state index contributed by atoms with van der Waals surface area (Å²) in [4.78, 5) is 0. The fourth-order valence-electron chi connectivity index (χ4n) is 3.95.